The van der Waals surface area contributed by atoms with Crippen LogP contribution in [0.5, 0.6) is 0 Å². The Morgan fingerprint density at radius 2 is 1.81 bits per heavy atom. The fraction of sp³-hybridized carbons (Fsp3) is 0.591. The molecule has 4 nitrogen and oxygen atoms in total. The minimum absolute atomic E-state index is 0.0657. The second-order valence-electron chi connectivity index (χ2n) is 8.55. The summed E-state index contributed by atoms with van der Waals surface area (Å²) < 4.78 is 6.22. The minimum Gasteiger partial charge on any atom is -0.372 e. The zero-order valence-corrected chi connectivity index (χ0v) is 16.1. The van der Waals surface area contributed by atoms with Crippen molar-refractivity contribution in [1.82, 2.24) is 9.88 Å². The molecule has 0 atom stereocenters. The van der Waals surface area contributed by atoms with Crippen LogP contribution in [0.2, 0.25) is 0 Å². The number of nitrogens with zero attached hydrogens (tertiary/aromatic N) is 3. The number of benzene rings is 1. The van der Waals surface area contributed by atoms with Gasteiger partial charge in [-0.15, -0.1) is 0 Å². The monoisotopic (exact) mass is 351 g/mol. The first-order chi connectivity index (χ1) is 12.6. The molecule has 2 aliphatic heterocycles. The average molecular weight is 351 g/mol. The molecule has 1 aromatic heterocycles. The van der Waals surface area contributed by atoms with Crippen LogP contribution in [-0.4, -0.2) is 55.3 Å². The first-order valence-electron chi connectivity index (χ1n) is 10.1. The van der Waals surface area contributed by atoms with Crippen LogP contribution in [0.25, 0.3) is 10.9 Å². The normalized spacial score (nSPS) is 22.9. The van der Waals surface area contributed by atoms with Crippen molar-refractivity contribution in [2.24, 2.45) is 0 Å². The molecule has 0 unspecified atom stereocenters. The number of ether oxygens (including phenoxy) is 1. The third-order valence-electron chi connectivity index (χ3n) is 6.65. The third kappa shape index (κ3) is 2.80. The molecule has 2 aromatic rings. The van der Waals surface area contributed by atoms with Gasteiger partial charge in [0.05, 0.1) is 17.7 Å². The molecule has 0 bridgehead atoms. The van der Waals surface area contributed by atoms with E-state index in [0.29, 0.717) is 0 Å². The van der Waals surface area contributed by atoms with E-state index in [1.54, 1.807) is 0 Å². The minimum atomic E-state index is 0.0657. The van der Waals surface area contributed by atoms with Gasteiger partial charge in [0, 0.05) is 31.6 Å². The maximum absolute atomic E-state index is 6.22. The van der Waals surface area contributed by atoms with Crippen molar-refractivity contribution in [3.8, 4) is 0 Å². The largest absolute Gasteiger partial charge is 0.372 e. The van der Waals surface area contributed by atoms with Gasteiger partial charge in [0.2, 0.25) is 0 Å². The number of hydrogen-bond donors (Lipinski definition) is 0. The van der Waals surface area contributed by atoms with Crippen molar-refractivity contribution in [3.05, 3.63) is 34.9 Å². The number of aromatic nitrogens is 1. The van der Waals surface area contributed by atoms with Gasteiger partial charge in [-0.05, 0) is 81.0 Å². The van der Waals surface area contributed by atoms with Crippen molar-refractivity contribution >= 4 is 16.7 Å². The van der Waals surface area contributed by atoms with Gasteiger partial charge >= 0.3 is 0 Å². The maximum atomic E-state index is 6.22. The molecule has 0 N–H and O–H groups in total. The van der Waals surface area contributed by atoms with Crippen molar-refractivity contribution in [1.29, 1.82) is 0 Å². The van der Waals surface area contributed by atoms with E-state index >= 15 is 0 Å². The Balaban J connectivity index is 1.40. The Morgan fingerprint density at radius 1 is 1.04 bits per heavy atom. The molecule has 4 heteroatoms. The van der Waals surface area contributed by atoms with Crippen LogP contribution < -0.4 is 4.90 Å². The van der Waals surface area contributed by atoms with Crippen LogP contribution >= 0.6 is 0 Å². The number of likely N-dealkylation sites (N-methyl/N-ethyl adjacent to an activating group) is 1. The van der Waals surface area contributed by atoms with Crippen LogP contribution in [-0.2, 0) is 17.6 Å². The Kier molecular flexibility index (Phi) is 3.94. The van der Waals surface area contributed by atoms with E-state index in [9.17, 15) is 0 Å². The first-order valence-corrected chi connectivity index (χ1v) is 10.1. The van der Waals surface area contributed by atoms with Gasteiger partial charge in [-0.3, -0.25) is 0 Å². The summed E-state index contributed by atoms with van der Waals surface area (Å²) in [5.41, 5.74) is 5.64. The fourth-order valence-electron chi connectivity index (χ4n) is 5.09. The van der Waals surface area contributed by atoms with Gasteiger partial charge in [0.25, 0.3) is 0 Å². The summed E-state index contributed by atoms with van der Waals surface area (Å²) in [5, 5.41) is 1.33. The number of fused-ring (bicyclic) bond motifs is 2. The molecule has 0 amide bonds. The van der Waals surface area contributed by atoms with Gasteiger partial charge in [-0.25, -0.2) is 4.98 Å². The predicted molar refractivity (Wildman–Crippen MR) is 106 cm³/mol. The number of pyridine rings is 1. The lowest BCUT2D eigenvalue weighted by molar-refractivity contribution is -0.115. The first kappa shape index (κ1) is 16.5. The molecule has 3 heterocycles. The fourth-order valence-corrected chi connectivity index (χ4v) is 5.09. The summed E-state index contributed by atoms with van der Waals surface area (Å²) in [5.74, 6) is 1.15. The van der Waals surface area contributed by atoms with Crippen molar-refractivity contribution in [2.75, 3.05) is 44.7 Å². The highest BCUT2D eigenvalue weighted by Crippen LogP contribution is 2.34. The van der Waals surface area contributed by atoms with Gasteiger partial charge in [-0.2, -0.15) is 0 Å². The molecule has 2 saturated heterocycles. The number of rotatable bonds is 1. The zero-order chi connectivity index (χ0) is 17.7. The Morgan fingerprint density at radius 3 is 2.58 bits per heavy atom. The Labute approximate surface area is 156 Å². The number of anilines is 1. The highest BCUT2D eigenvalue weighted by atomic mass is 16.5. The summed E-state index contributed by atoms with van der Waals surface area (Å²) in [4.78, 5) is 9.94. The van der Waals surface area contributed by atoms with Crippen molar-refractivity contribution in [3.63, 3.8) is 0 Å². The summed E-state index contributed by atoms with van der Waals surface area (Å²) in [6.45, 7) is 7.31. The molecular formula is C22H29N3O. The van der Waals surface area contributed by atoms with E-state index in [1.807, 2.05) is 0 Å². The maximum Gasteiger partial charge on any atom is 0.129 e. The molecule has 0 radical (unpaired) electrons. The summed E-state index contributed by atoms with van der Waals surface area (Å²) in [6, 6.07) is 7.02. The lowest BCUT2D eigenvalue weighted by Gasteiger charge is -2.46. The topological polar surface area (TPSA) is 28.6 Å². The van der Waals surface area contributed by atoms with E-state index in [2.05, 4.69) is 42.0 Å². The summed E-state index contributed by atoms with van der Waals surface area (Å²) >= 11 is 0. The average Bonchev–Trinajstić information content (AvgIpc) is 3.08. The highest BCUT2D eigenvalue weighted by Gasteiger charge is 2.39. The molecule has 1 aromatic carbocycles. The summed E-state index contributed by atoms with van der Waals surface area (Å²) in [7, 11) is 2.21. The van der Waals surface area contributed by atoms with Crippen LogP contribution in [0.15, 0.2) is 18.2 Å². The molecule has 2 fully saturated rings. The SMILES string of the molecule is Cc1cc(N2CCC3(CC2)CN(C)CCO3)nc2cc3c(cc12)CCC3. The Hall–Kier alpha value is -1.65. The zero-order valence-electron chi connectivity index (χ0n) is 16.1. The van der Waals surface area contributed by atoms with Crippen LogP contribution in [0.1, 0.15) is 36.0 Å². The van der Waals surface area contributed by atoms with E-state index in [1.165, 1.54) is 46.9 Å². The second kappa shape index (κ2) is 6.21. The molecule has 26 heavy (non-hydrogen) atoms. The number of piperidine rings is 1. The number of morpholine rings is 1. The van der Waals surface area contributed by atoms with Gasteiger partial charge in [0.1, 0.15) is 5.82 Å². The molecular weight excluding hydrogens is 322 g/mol. The van der Waals surface area contributed by atoms with E-state index in [4.69, 9.17) is 9.72 Å². The molecule has 5 rings (SSSR count). The van der Waals surface area contributed by atoms with E-state index in [0.717, 1.165) is 51.4 Å². The smallest absolute Gasteiger partial charge is 0.129 e. The number of hydrogen-bond acceptors (Lipinski definition) is 4. The molecule has 1 aliphatic carbocycles. The third-order valence-corrected chi connectivity index (χ3v) is 6.65. The predicted octanol–water partition coefficient (Wildman–Crippen LogP) is 3.33. The quantitative estimate of drug-likeness (QED) is 0.788. The summed E-state index contributed by atoms with van der Waals surface area (Å²) in [6.07, 6.45) is 5.93. The van der Waals surface area contributed by atoms with E-state index < -0.39 is 0 Å². The van der Waals surface area contributed by atoms with E-state index in [-0.39, 0.29) is 5.60 Å². The molecule has 0 saturated carbocycles. The van der Waals surface area contributed by atoms with Crippen LogP contribution in [0.4, 0.5) is 5.82 Å². The van der Waals surface area contributed by atoms with Crippen molar-refractivity contribution < 1.29 is 4.74 Å². The lowest BCUT2D eigenvalue weighted by Crippen LogP contribution is -2.56. The van der Waals surface area contributed by atoms with Gasteiger partial charge in [0.15, 0.2) is 0 Å². The molecule has 3 aliphatic rings. The molecule has 138 valence electrons. The van der Waals surface area contributed by atoms with Gasteiger partial charge < -0.3 is 14.5 Å². The molecule has 1 spiro atoms. The standard InChI is InChI=1S/C22H29N3O/c1-16-12-21(23-20-14-18-5-3-4-17(18)13-19(16)20)25-8-6-22(7-9-25)15-24(2)10-11-26-22/h12-14H,3-11,15H2,1-2H3. The van der Waals surface area contributed by atoms with Crippen LogP contribution in [0, 0.1) is 6.92 Å². The Bertz CT molecular complexity index is 839. The number of aryl methyl sites for hydroxylation is 3. The second-order valence-corrected chi connectivity index (χ2v) is 8.55. The lowest BCUT2D eigenvalue weighted by atomic mass is 9.89. The van der Waals surface area contributed by atoms with Gasteiger partial charge in [-0.1, -0.05) is 0 Å². The van der Waals surface area contributed by atoms with Crippen molar-refractivity contribution in [2.45, 2.75) is 44.6 Å². The van der Waals surface area contributed by atoms with Crippen LogP contribution in [0.3, 0.4) is 0 Å². The highest BCUT2D eigenvalue weighted by molar-refractivity contribution is 5.85.